The van der Waals surface area contributed by atoms with Crippen LogP contribution in [0.5, 0.6) is 0 Å². The minimum atomic E-state index is -0.168. The summed E-state index contributed by atoms with van der Waals surface area (Å²) < 4.78 is 0. The van der Waals surface area contributed by atoms with Gasteiger partial charge >= 0.3 is 0 Å². The van der Waals surface area contributed by atoms with Gasteiger partial charge in [0.2, 0.25) is 11.8 Å². The quantitative estimate of drug-likeness (QED) is 0.715. The number of anilines is 2. The summed E-state index contributed by atoms with van der Waals surface area (Å²) in [5, 5.41) is 2.92. The molecule has 8 heteroatoms. The maximum atomic E-state index is 12.9. The van der Waals surface area contributed by atoms with Crippen molar-refractivity contribution in [3.8, 4) is 0 Å². The van der Waals surface area contributed by atoms with Crippen molar-refractivity contribution in [3.05, 3.63) is 48.4 Å². The highest BCUT2D eigenvalue weighted by molar-refractivity contribution is 5.95. The van der Waals surface area contributed by atoms with Crippen molar-refractivity contribution in [2.75, 3.05) is 56.0 Å². The summed E-state index contributed by atoms with van der Waals surface area (Å²) in [6.45, 7) is 8.08. The molecule has 0 saturated carbocycles. The fraction of sp³-hybridized carbons (Fsp3) is 0.455. The molecule has 8 nitrogen and oxygen atoms in total. The van der Waals surface area contributed by atoms with Crippen molar-refractivity contribution in [3.63, 3.8) is 0 Å². The minimum Gasteiger partial charge on any atom is -0.353 e. The van der Waals surface area contributed by atoms with Gasteiger partial charge in [0.1, 0.15) is 5.82 Å². The van der Waals surface area contributed by atoms with E-state index in [0.29, 0.717) is 13.1 Å². The van der Waals surface area contributed by atoms with E-state index in [-0.39, 0.29) is 18.4 Å². The second-order valence-corrected chi connectivity index (χ2v) is 7.51. The number of amides is 2. The van der Waals surface area contributed by atoms with Crippen LogP contribution in [0, 0.1) is 6.92 Å². The van der Waals surface area contributed by atoms with Gasteiger partial charge in [0.05, 0.1) is 19.3 Å². The number of para-hydroxylation sites is 1. The number of aryl methyl sites for hydroxylation is 1. The average molecular weight is 411 g/mol. The van der Waals surface area contributed by atoms with E-state index in [1.165, 1.54) is 0 Å². The summed E-state index contributed by atoms with van der Waals surface area (Å²) in [6.07, 6.45) is 5.92. The largest absolute Gasteiger partial charge is 0.353 e. The van der Waals surface area contributed by atoms with Crippen molar-refractivity contribution in [2.45, 2.75) is 20.3 Å². The Kier molecular flexibility index (Phi) is 7.73. The number of carbonyl (C=O) groups is 2. The second-order valence-electron chi connectivity index (χ2n) is 7.51. The predicted octanol–water partition coefficient (Wildman–Crippen LogP) is 1.78. The summed E-state index contributed by atoms with van der Waals surface area (Å²) in [5.74, 6) is 0.687. The highest BCUT2D eigenvalue weighted by Gasteiger charge is 2.23. The number of piperazine rings is 1. The lowest BCUT2D eigenvalue weighted by Gasteiger charge is -2.35. The van der Waals surface area contributed by atoms with Crippen LogP contribution in [0.1, 0.15) is 18.9 Å². The molecule has 1 aromatic heterocycles. The van der Waals surface area contributed by atoms with Crippen LogP contribution >= 0.6 is 0 Å². The number of nitrogens with one attached hydrogen (secondary N) is 1. The molecule has 0 radical (unpaired) electrons. The molecule has 2 heterocycles. The molecule has 0 atom stereocenters. The minimum absolute atomic E-state index is 0.00950. The van der Waals surface area contributed by atoms with Gasteiger partial charge in [-0.3, -0.25) is 19.5 Å². The van der Waals surface area contributed by atoms with Crippen LogP contribution in [-0.2, 0) is 9.59 Å². The Balaban J connectivity index is 1.50. The first-order chi connectivity index (χ1) is 14.6. The van der Waals surface area contributed by atoms with Gasteiger partial charge in [0.15, 0.2) is 0 Å². The zero-order valence-electron chi connectivity index (χ0n) is 17.8. The van der Waals surface area contributed by atoms with E-state index in [1.807, 2.05) is 38.1 Å². The molecular weight excluding hydrogens is 380 g/mol. The monoisotopic (exact) mass is 410 g/mol. The van der Waals surface area contributed by atoms with Crippen LogP contribution < -0.4 is 10.2 Å². The van der Waals surface area contributed by atoms with Crippen molar-refractivity contribution in [2.24, 2.45) is 0 Å². The van der Waals surface area contributed by atoms with E-state index in [1.54, 1.807) is 23.5 Å². The van der Waals surface area contributed by atoms with Crippen LogP contribution in [0.2, 0.25) is 0 Å². The van der Waals surface area contributed by atoms with Gasteiger partial charge in [-0.15, -0.1) is 0 Å². The summed E-state index contributed by atoms with van der Waals surface area (Å²) >= 11 is 0. The average Bonchev–Trinajstić information content (AvgIpc) is 2.76. The molecule has 1 aliphatic rings. The van der Waals surface area contributed by atoms with E-state index < -0.39 is 0 Å². The fourth-order valence-electron chi connectivity index (χ4n) is 3.52. The standard InChI is InChI=1S/C22H30N6O2/c1-3-10-28(16-21(29)25-19-7-5-4-6-18(19)2)22(30)17-26-11-13-27(14-12-26)20-15-23-8-9-24-20/h4-9,15H,3,10-14,16-17H2,1-2H3,(H,25,29). The first-order valence-corrected chi connectivity index (χ1v) is 10.4. The molecule has 1 fully saturated rings. The maximum Gasteiger partial charge on any atom is 0.244 e. The lowest BCUT2D eigenvalue weighted by atomic mass is 10.2. The smallest absolute Gasteiger partial charge is 0.244 e. The number of carbonyl (C=O) groups excluding carboxylic acids is 2. The van der Waals surface area contributed by atoms with Crippen molar-refractivity contribution >= 4 is 23.3 Å². The second kappa shape index (κ2) is 10.7. The third kappa shape index (κ3) is 6.00. The van der Waals surface area contributed by atoms with E-state index in [4.69, 9.17) is 0 Å². The Labute approximate surface area is 177 Å². The number of hydrogen-bond donors (Lipinski definition) is 1. The number of rotatable bonds is 8. The van der Waals surface area contributed by atoms with Crippen LogP contribution in [0.4, 0.5) is 11.5 Å². The first-order valence-electron chi connectivity index (χ1n) is 10.4. The maximum absolute atomic E-state index is 12.9. The highest BCUT2D eigenvalue weighted by Crippen LogP contribution is 2.14. The lowest BCUT2D eigenvalue weighted by Crippen LogP contribution is -2.51. The normalized spacial score (nSPS) is 14.4. The van der Waals surface area contributed by atoms with E-state index in [2.05, 4.69) is 25.1 Å². The molecule has 0 unspecified atom stereocenters. The Morgan fingerprint density at radius 2 is 1.90 bits per heavy atom. The Hall–Kier alpha value is -3.00. The summed E-state index contributed by atoms with van der Waals surface area (Å²) in [5.41, 5.74) is 1.78. The number of benzene rings is 1. The third-order valence-electron chi connectivity index (χ3n) is 5.20. The molecule has 1 saturated heterocycles. The van der Waals surface area contributed by atoms with Gasteiger partial charge in [-0.25, -0.2) is 4.98 Å². The molecule has 2 amide bonds. The Bertz CT molecular complexity index is 837. The molecule has 1 aliphatic heterocycles. The zero-order chi connectivity index (χ0) is 21.3. The Morgan fingerprint density at radius 3 is 2.57 bits per heavy atom. The highest BCUT2D eigenvalue weighted by atomic mass is 16.2. The molecule has 1 aromatic carbocycles. The molecule has 3 rings (SSSR count). The van der Waals surface area contributed by atoms with E-state index in [9.17, 15) is 9.59 Å². The number of nitrogens with zero attached hydrogens (tertiary/aromatic N) is 5. The topological polar surface area (TPSA) is 81.7 Å². The summed E-state index contributed by atoms with van der Waals surface area (Å²) in [7, 11) is 0. The SMILES string of the molecule is CCCN(CC(=O)Nc1ccccc1C)C(=O)CN1CCN(c2cnccn2)CC1. The van der Waals surface area contributed by atoms with Gasteiger partial charge in [-0.1, -0.05) is 25.1 Å². The van der Waals surface area contributed by atoms with Gasteiger partial charge in [0, 0.05) is 50.8 Å². The molecular formula is C22H30N6O2. The number of aromatic nitrogens is 2. The van der Waals surface area contributed by atoms with Crippen LogP contribution in [0.3, 0.4) is 0 Å². The lowest BCUT2D eigenvalue weighted by molar-refractivity contribution is -0.135. The zero-order valence-corrected chi connectivity index (χ0v) is 17.8. The van der Waals surface area contributed by atoms with Crippen molar-refractivity contribution in [1.82, 2.24) is 19.8 Å². The molecule has 2 aromatic rings. The summed E-state index contributed by atoms with van der Waals surface area (Å²) in [4.78, 5) is 39.8. The van der Waals surface area contributed by atoms with Crippen LogP contribution in [0.25, 0.3) is 0 Å². The van der Waals surface area contributed by atoms with Gasteiger partial charge in [0.25, 0.3) is 0 Å². The molecule has 0 aliphatic carbocycles. The summed E-state index contributed by atoms with van der Waals surface area (Å²) in [6, 6.07) is 7.64. The predicted molar refractivity (Wildman–Crippen MR) is 117 cm³/mol. The first kappa shape index (κ1) is 21.7. The molecule has 0 bridgehead atoms. The van der Waals surface area contributed by atoms with Gasteiger partial charge in [-0.2, -0.15) is 0 Å². The molecule has 1 N–H and O–H groups in total. The van der Waals surface area contributed by atoms with Crippen LogP contribution in [-0.4, -0.2) is 77.4 Å². The van der Waals surface area contributed by atoms with E-state index in [0.717, 1.165) is 49.7 Å². The molecule has 0 spiro atoms. The third-order valence-corrected chi connectivity index (χ3v) is 5.20. The van der Waals surface area contributed by atoms with Gasteiger partial charge < -0.3 is 15.1 Å². The number of hydrogen-bond acceptors (Lipinski definition) is 6. The van der Waals surface area contributed by atoms with Crippen molar-refractivity contribution < 1.29 is 9.59 Å². The van der Waals surface area contributed by atoms with Crippen molar-refractivity contribution in [1.29, 1.82) is 0 Å². The fourth-order valence-corrected chi connectivity index (χ4v) is 3.52. The molecule has 160 valence electrons. The molecule has 30 heavy (non-hydrogen) atoms. The van der Waals surface area contributed by atoms with Crippen LogP contribution in [0.15, 0.2) is 42.9 Å². The van der Waals surface area contributed by atoms with E-state index >= 15 is 0 Å². The van der Waals surface area contributed by atoms with Gasteiger partial charge in [-0.05, 0) is 25.0 Å². The Morgan fingerprint density at radius 1 is 1.13 bits per heavy atom.